The lowest BCUT2D eigenvalue weighted by Gasteiger charge is -2.05. The quantitative estimate of drug-likeness (QED) is 0.778. The van der Waals surface area contributed by atoms with Crippen molar-refractivity contribution < 1.29 is 13.6 Å². The summed E-state index contributed by atoms with van der Waals surface area (Å²) in [5.41, 5.74) is 0.253. The average molecular weight is 267 g/mol. The third kappa shape index (κ3) is 2.06. The Kier molecular flexibility index (Phi) is 3.26. The Hall–Kier alpha value is -1.62. The molecule has 0 aliphatic heterocycles. The Balaban J connectivity index is 2.60. The Morgan fingerprint density at radius 2 is 1.89 bits per heavy atom. The van der Waals surface area contributed by atoms with E-state index in [9.17, 15) is 13.6 Å². The maximum Gasteiger partial charge on any atom is 0.210 e. The maximum absolute atomic E-state index is 13.9. The van der Waals surface area contributed by atoms with Gasteiger partial charge in [-0.15, -0.1) is 11.3 Å². The van der Waals surface area contributed by atoms with Crippen molar-refractivity contribution >= 4 is 17.1 Å². The van der Waals surface area contributed by atoms with E-state index in [0.717, 1.165) is 17.4 Å². The van der Waals surface area contributed by atoms with Crippen molar-refractivity contribution in [1.29, 1.82) is 0 Å². The van der Waals surface area contributed by atoms with Crippen LogP contribution in [0.1, 0.15) is 31.5 Å². The molecule has 0 saturated heterocycles. The molecule has 1 aromatic carbocycles. The van der Waals surface area contributed by atoms with Gasteiger partial charge in [-0.25, -0.2) is 13.8 Å². The van der Waals surface area contributed by atoms with Crippen molar-refractivity contribution in [1.82, 2.24) is 4.98 Å². The zero-order valence-corrected chi connectivity index (χ0v) is 11.0. The lowest BCUT2D eigenvalue weighted by molar-refractivity contribution is 0.103. The molecule has 0 atom stereocenters. The minimum atomic E-state index is -0.839. The van der Waals surface area contributed by atoms with Crippen LogP contribution in [-0.2, 0) is 0 Å². The molecule has 0 fully saturated rings. The molecule has 2 rings (SSSR count). The largest absolute Gasteiger partial charge is 0.287 e. The number of carbonyl (C=O) groups excluding carboxylic acids is 1. The zero-order chi connectivity index (χ0) is 13.4. The van der Waals surface area contributed by atoms with Gasteiger partial charge in [0.25, 0.3) is 0 Å². The molecule has 1 heterocycles. The SMILES string of the molecule is Cc1nc(C)c(C(=O)c2c(F)ccc(C)c2F)s1. The number of rotatable bonds is 2. The molecule has 0 radical (unpaired) electrons. The summed E-state index contributed by atoms with van der Waals surface area (Å²) in [6.45, 7) is 4.90. The van der Waals surface area contributed by atoms with Crippen molar-refractivity contribution in [3.05, 3.63) is 50.5 Å². The second kappa shape index (κ2) is 4.57. The van der Waals surface area contributed by atoms with Gasteiger partial charge in [0.1, 0.15) is 11.6 Å². The van der Waals surface area contributed by atoms with Gasteiger partial charge in [-0.3, -0.25) is 4.79 Å². The Labute approximate surface area is 107 Å². The number of ketones is 1. The maximum atomic E-state index is 13.9. The predicted octanol–water partition coefficient (Wildman–Crippen LogP) is 3.58. The minimum Gasteiger partial charge on any atom is -0.287 e. The van der Waals surface area contributed by atoms with Crippen molar-refractivity contribution in [2.45, 2.75) is 20.8 Å². The highest BCUT2D eigenvalue weighted by molar-refractivity contribution is 7.14. The predicted molar refractivity (Wildman–Crippen MR) is 66.1 cm³/mol. The van der Waals surface area contributed by atoms with Crippen LogP contribution < -0.4 is 0 Å². The summed E-state index contributed by atoms with van der Waals surface area (Å²) in [4.78, 5) is 16.5. The molecule has 0 saturated carbocycles. The summed E-state index contributed by atoms with van der Waals surface area (Å²) in [5.74, 6) is -2.28. The Bertz CT molecular complexity index is 634. The highest BCUT2D eigenvalue weighted by Gasteiger charge is 2.23. The lowest BCUT2D eigenvalue weighted by Crippen LogP contribution is -2.08. The number of hydrogen-bond donors (Lipinski definition) is 0. The van der Waals surface area contributed by atoms with E-state index in [4.69, 9.17) is 0 Å². The van der Waals surface area contributed by atoms with E-state index in [2.05, 4.69) is 4.98 Å². The van der Waals surface area contributed by atoms with E-state index in [-0.39, 0.29) is 10.4 Å². The standard InChI is InChI=1S/C13H11F2NOS/c1-6-4-5-9(14)10(11(6)15)12(17)13-7(2)16-8(3)18-13/h4-5H,1-3H3. The number of hydrogen-bond acceptors (Lipinski definition) is 3. The fourth-order valence-electron chi connectivity index (χ4n) is 1.72. The summed E-state index contributed by atoms with van der Waals surface area (Å²) in [5, 5.41) is 0.698. The summed E-state index contributed by atoms with van der Waals surface area (Å²) in [6, 6.07) is 2.42. The molecule has 0 N–H and O–H groups in total. The molecule has 0 aliphatic carbocycles. The fraction of sp³-hybridized carbons (Fsp3) is 0.231. The number of halogens is 2. The van der Waals surface area contributed by atoms with Crippen molar-refractivity contribution in [2.24, 2.45) is 0 Å². The second-order valence-electron chi connectivity index (χ2n) is 4.03. The van der Waals surface area contributed by atoms with E-state index in [1.807, 2.05) is 0 Å². The summed E-state index contributed by atoms with van der Waals surface area (Å²) in [6.07, 6.45) is 0. The number of carbonyl (C=O) groups is 1. The molecule has 0 amide bonds. The smallest absolute Gasteiger partial charge is 0.210 e. The van der Waals surface area contributed by atoms with E-state index >= 15 is 0 Å². The van der Waals surface area contributed by atoms with Crippen LogP contribution in [0.5, 0.6) is 0 Å². The zero-order valence-electron chi connectivity index (χ0n) is 10.2. The van der Waals surface area contributed by atoms with Gasteiger partial charge in [-0.2, -0.15) is 0 Å². The normalized spacial score (nSPS) is 10.7. The lowest BCUT2D eigenvalue weighted by atomic mass is 10.0. The monoisotopic (exact) mass is 267 g/mol. The first kappa shape index (κ1) is 12.8. The number of benzene rings is 1. The summed E-state index contributed by atoms with van der Waals surface area (Å²) < 4.78 is 27.5. The number of aromatic nitrogens is 1. The van der Waals surface area contributed by atoms with E-state index in [1.165, 1.54) is 13.0 Å². The molecular formula is C13H11F2NOS. The highest BCUT2D eigenvalue weighted by atomic mass is 32.1. The molecule has 2 nitrogen and oxygen atoms in total. The molecule has 0 spiro atoms. The second-order valence-corrected chi connectivity index (χ2v) is 5.23. The van der Waals surface area contributed by atoms with Gasteiger partial charge in [0.05, 0.1) is 21.1 Å². The van der Waals surface area contributed by atoms with Gasteiger partial charge < -0.3 is 0 Å². The molecule has 5 heteroatoms. The molecule has 0 aliphatic rings. The van der Waals surface area contributed by atoms with Gasteiger partial charge in [0, 0.05) is 0 Å². The van der Waals surface area contributed by atoms with Crippen LogP contribution in [0.25, 0.3) is 0 Å². The Morgan fingerprint density at radius 3 is 2.44 bits per heavy atom. The highest BCUT2D eigenvalue weighted by Crippen LogP contribution is 2.25. The first-order valence-electron chi connectivity index (χ1n) is 5.35. The topological polar surface area (TPSA) is 30.0 Å². The van der Waals surface area contributed by atoms with Gasteiger partial charge in [0.2, 0.25) is 5.78 Å². The number of thiazole rings is 1. The van der Waals surface area contributed by atoms with Crippen LogP contribution in [0.3, 0.4) is 0 Å². The van der Waals surface area contributed by atoms with Crippen LogP contribution in [0, 0.1) is 32.4 Å². The van der Waals surface area contributed by atoms with Crippen LogP contribution in [0.15, 0.2) is 12.1 Å². The van der Waals surface area contributed by atoms with Gasteiger partial charge in [0.15, 0.2) is 0 Å². The molecule has 94 valence electrons. The fourth-order valence-corrected chi connectivity index (χ4v) is 2.59. The van der Waals surface area contributed by atoms with Gasteiger partial charge in [-0.1, -0.05) is 6.07 Å². The van der Waals surface area contributed by atoms with Crippen LogP contribution in [-0.4, -0.2) is 10.8 Å². The summed E-state index contributed by atoms with van der Waals surface area (Å²) in [7, 11) is 0. The van der Waals surface area contributed by atoms with E-state index in [0.29, 0.717) is 10.7 Å². The van der Waals surface area contributed by atoms with Crippen molar-refractivity contribution in [3.63, 3.8) is 0 Å². The van der Waals surface area contributed by atoms with E-state index in [1.54, 1.807) is 13.8 Å². The molecule has 2 aromatic rings. The molecule has 1 aromatic heterocycles. The summed E-state index contributed by atoms with van der Waals surface area (Å²) >= 11 is 1.15. The molecule has 0 unspecified atom stereocenters. The third-order valence-corrected chi connectivity index (χ3v) is 3.69. The molecular weight excluding hydrogens is 256 g/mol. The van der Waals surface area contributed by atoms with Crippen LogP contribution in [0.4, 0.5) is 8.78 Å². The Morgan fingerprint density at radius 1 is 1.22 bits per heavy atom. The molecule has 18 heavy (non-hydrogen) atoms. The van der Waals surface area contributed by atoms with Crippen molar-refractivity contribution in [3.8, 4) is 0 Å². The van der Waals surface area contributed by atoms with Crippen molar-refractivity contribution in [2.75, 3.05) is 0 Å². The first-order valence-corrected chi connectivity index (χ1v) is 6.16. The van der Waals surface area contributed by atoms with Gasteiger partial charge >= 0.3 is 0 Å². The number of aryl methyl sites for hydroxylation is 3. The number of nitrogens with zero attached hydrogens (tertiary/aromatic N) is 1. The van der Waals surface area contributed by atoms with Crippen LogP contribution >= 0.6 is 11.3 Å². The van der Waals surface area contributed by atoms with Gasteiger partial charge in [-0.05, 0) is 32.4 Å². The average Bonchev–Trinajstić information content (AvgIpc) is 2.63. The van der Waals surface area contributed by atoms with Crippen LogP contribution in [0.2, 0.25) is 0 Å². The molecule has 0 bridgehead atoms. The first-order chi connectivity index (χ1) is 8.41. The minimum absolute atomic E-state index is 0.249. The van der Waals surface area contributed by atoms with E-state index < -0.39 is 23.0 Å². The third-order valence-electron chi connectivity index (χ3n) is 2.62.